The van der Waals surface area contributed by atoms with Gasteiger partial charge in [-0.25, -0.2) is 0 Å². The van der Waals surface area contributed by atoms with Gasteiger partial charge < -0.3 is 4.74 Å². The zero-order valence-corrected chi connectivity index (χ0v) is 13.4. The third kappa shape index (κ3) is 3.55. The zero-order valence-electron chi connectivity index (χ0n) is 12.7. The molecular weight excluding hydrogens is 326 g/mol. The molecule has 0 saturated carbocycles. The molecule has 0 amide bonds. The van der Waals surface area contributed by atoms with Gasteiger partial charge in [0, 0.05) is 16.7 Å². The number of para-hydroxylation sites is 1. The predicted octanol–water partition coefficient (Wildman–Crippen LogP) is 5.49. The molecule has 120 valence electrons. The van der Waals surface area contributed by atoms with Crippen molar-refractivity contribution < 1.29 is 9.66 Å². The number of hydrogen-bond acceptors (Lipinski definition) is 3. The summed E-state index contributed by atoms with van der Waals surface area (Å²) in [6, 6.07) is 21.6. The molecule has 0 radical (unpaired) electrons. The summed E-state index contributed by atoms with van der Waals surface area (Å²) >= 11 is 5.89. The third-order valence-electron chi connectivity index (χ3n) is 3.57. The normalized spacial score (nSPS) is 10.4. The number of nitro benzene ring substituents is 1. The molecule has 0 N–H and O–H groups in total. The molecule has 0 saturated heterocycles. The van der Waals surface area contributed by atoms with Crippen LogP contribution in [0, 0.1) is 10.1 Å². The summed E-state index contributed by atoms with van der Waals surface area (Å²) in [5.74, 6) is 0.590. The number of nitro groups is 1. The van der Waals surface area contributed by atoms with Gasteiger partial charge in [-0.05, 0) is 23.8 Å². The Bertz CT molecular complexity index is 865. The molecular formula is C19H14ClNO3. The molecule has 3 aromatic carbocycles. The fraction of sp³-hybridized carbons (Fsp3) is 0.0526. The van der Waals surface area contributed by atoms with Crippen LogP contribution in [0.15, 0.2) is 72.8 Å². The van der Waals surface area contributed by atoms with Gasteiger partial charge in [0.15, 0.2) is 0 Å². The molecule has 0 unspecified atom stereocenters. The lowest BCUT2D eigenvalue weighted by Gasteiger charge is -2.12. The van der Waals surface area contributed by atoms with E-state index in [1.807, 2.05) is 42.5 Å². The van der Waals surface area contributed by atoms with Gasteiger partial charge in [-0.2, -0.15) is 0 Å². The second-order valence-electron chi connectivity index (χ2n) is 5.19. The van der Waals surface area contributed by atoms with E-state index in [2.05, 4.69) is 0 Å². The van der Waals surface area contributed by atoms with Crippen LogP contribution in [0.4, 0.5) is 5.69 Å². The number of rotatable bonds is 5. The molecule has 3 aromatic rings. The molecule has 0 aliphatic rings. The molecule has 0 spiro atoms. The van der Waals surface area contributed by atoms with Crippen molar-refractivity contribution in [3.8, 4) is 16.9 Å². The van der Waals surface area contributed by atoms with Crippen LogP contribution in [-0.4, -0.2) is 4.92 Å². The van der Waals surface area contributed by atoms with E-state index in [0.29, 0.717) is 28.5 Å². The Morgan fingerprint density at radius 3 is 2.38 bits per heavy atom. The number of hydrogen-bond donors (Lipinski definition) is 0. The first-order chi connectivity index (χ1) is 11.6. The summed E-state index contributed by atoms with van der Waals surface area (Å²) in [7, 11) is 0. The minimum absolute atomic E-state index is 0.0433. The number of nitrogens with zero attached hydrogens (tertiary/aromatic N) is 1. The Balaban J connectivity index is 1.97. The van der Waals surface area contributed by atoms with Crippen molar-refractivity contribution in [1.29, 1.82) is 0 Å². The molecule has 24 heavy (non-hydrogen) atoms. The summed E-state index contributed by atoms with van der Waals surface area (Å²) in [6.45, 7) is 0.388. The number of ether oxygens (including phenoxy) is 1. The lowest BCUT2D eigenvalue weighted by Crippen LogP contribution is -1.98. The molecule has 0 bridgehead atoms. The van der Waals surface area contributed by atoms with Crippen molar-refractivity contribution in [2.75, 3.05) is 0 Å². The van der Waals surface area contributed by atoms with Crippen molar-refractivity contribution in [3.63, 3.8) is 0 Å². The van der Waals surface area contributed by atoms with Crippen LogP contribution < -0.4 is 4.74 Å². The SMILES string of the molecule is O=[N+]([O-])c1cc(Cl)ccc1-c1ccccc1OCc1ccccc1. The fourth-order valence-corrected chi connectivity index (χ4v) is 2.60. The lowest BCUT2D eigenvalue weighted by molar-refractivity contribution is -0.384. The van der Waals surface area contributed by atoms with Crippen LogP contribution in [0.3, 0.4) is 0 Å². The quantitative estimate of drug-likeness (QED) is 0.456. The molecule has 0 heterocycles. The molecule has 3 rings (SSSR count). The average Bonchev–Trinajstić information content (AvgIpc) is 2.61. The van der Waals surface area contributed by atoms with Gasteiger partial charge in [0.05, 0.1) is 10.5 Å². The first-order valence-corrected chi connectivity index (χ1v) is 7.73. The third-order valence-corrected chi connectivity index (χ3v) is 3.81. The highest BCUT2D eigenvalue weighted by Crippen LogP contribution is 2.37. The van der Waals surface area contributed by atoms with Crippen LogP contribution in [-0.2, 0) is 6.61 Å². The van der Waals surface area contributed by atoms with Crippen molar-refractivity contribution >= 4 is 17.3 Å². The molecule has 0 atom stereocenters. The lowest BCUT2D eigenvalue weighted by atomic mass is 10.0. The van der Waals surface area contributed by atoms with E-state index in [9.17, 15) is 10.1 Å². The first-order valence-electron chi connectivity index (χ1n) is 7.35. The van der Waals surface area contributed by atoms with Gasteiger partial charge in [0.25, 0.3) is 5.69 Å². The Hall–Kier alpha value is -2.85. The highest BCUT2D eigenvalue weighted by Gasteiger charge is 2.18. The smallest absolute Gasteiger partial charge is 0.278 e. The second-order valence-corrected chi connectivity index (χ2v) is 5.63. The highest BCUT2D eigenvalue weighted by atomic mass is 35.5. The van der Waals surface area contributed by atoms with E-state index in [-0.39, 0.29) is 5.69 Å². The molecule has 0 aliphatic heterocycles. The molecule has 5 heteroatoms. The van der Waals surface area contributed by atoms with Crippen LogP contribution in [0.25, 0.3) is 11.1 Å². The highest BCUT2D eigenvalue weighted by molar-refractivity contribution is 6.31. The van der Waals surface area contributed by atoms with E-state index in [4.69, 9.17) is 16.3 Å². The maximum Gasteiger partial charge on any atom is 0.278 e. The van der Waals surface area contributed by atoms with Crippen molar-refractivity contribution in [1.82, 2.24) is 0 Å². The van der Waals surface area contributed by atoms with Crippen LogP contribution in [0.2, 0.25) is 5.02 Å². The summed E-state index contributed by atoms with van der Waals surface area (Å²) in [5, 5.41) is 11.7. The number of halogens is 1. The first kappa shape index (κ1) is 16.0. The van der Waals surface area contributed by atoms with E-state index in [1.165, 1.54) is 6.07 Å². The Kier molecular flexibility index (Phi) is 4.77. The summed E-state index contributed by atoms with van der Waals surface area (Å²) in [5.41, 5.74) is 2.13. The molecule has 0 aliphatic carbocycles. The van der Waals surface area contributed by atoms with Crippen LogP contribution in [0.5, 0.6) is 5.75 Å². The minimum atomic E-state index is -0.435. The molecule has 4 nitrogen and oxygen atoms in total. The van der Waals surface area contributed by atoms with E-state index in [0.717, 1.165) is 5.56 Å². The topological polar surface area (TPSA) is 52.4 Å². The summed E-state index contributed by atoms with van der Waals surface area (Å²) < 4.78 is 5.89. The molecule has 0 aromatic heterocycles. The Morgan fingerprint density at radius 2 is 1.62 bits per heavy atom. The van der Waals surface area contributed by atoms with Gasteiger partial charge >= 0.3 is 0 Å². The van der Waals surface area contributed by atoms with E-state index < -0.39 is 4.92 Å². The monoisotopic (exact) mass is 339 g/mol. The zero-order chi connectivity index (χ0) is 16.9. The Morgan fingerprint density at radius 1 is 0.917 bits per heavy atom. The van der Waals surface area contributed by atoms with Crippen LogP contribution in [0.1, 0.15) is 5.56 Å². The van der Waals surface area contributed by atoms with Gasteiger partial charge in [0.1, 0.15) is 12.4 Å². The van der Waals surface area contributed by atoms with Gasteiger partial charge in [0.2, 0.25) is 0 Å². The largest absolute Gasteiger partial charge is 0.488 e. The van der Waals surface area contributed by atoms with Gasteiger partial charge in [-0.1, -0.05) is 60.1 Å². The van der Waals surface area contributed by atoms with E-state index >= 15 is 0 Å². The fourth-order valence-electron chi connectivity index (χ4n) is 2.43. The summed E-state index contributed by atoms with van der Waals surface area (Å²) in [6.07, 6.45) is 0. The van der Waals surface area contributed by atoms with E-state index in [1.54, 1.807) is 24.3 Å². The second kappa shape index (κ2) is 7.15. The van der Waals surface area contributed by atoms with Crippen molar-refractivity contribution in [2.24, 2.45) is 0 Å². The summed E-state index contributed by atoms with van der Waals surface area (Å²) in [4.78, 5) is 10.9. The van der Waals surface area contributed by atoms with Gasteiger partial charge in [-0.15, -0.1) is 0 Å². The average molecular weight is 340 g/mol. The predicted molar refractivity (Wildman–Crippen MR) is 94.3 cm³/mol. The maximum atomic E-state index is 11.3. The van der Waals surface area contributed by atoms with Crippen molar-refractivity contribution in [3.05, 3.63) is 93.5 Å². The maximum absolute atomic E-state index is 11.3. The number of benzene rings is 3. The Labute approximate surface area is 144 Å². The van der Waals surface area contributed by atoms with Crippen LogP contribution >= 0.6 is 11.6 Å². The van der Waals surface area contributed by atoms with Gasteiger partial charge in [-0.3, -0.25) is 10.1 Å². The standard InChI is InChI=1S/C19H14ClNO3/c20-15-10-11-16(18(12-15)21(22)23)17-8-4-5-9-19(17)24-13-14-6-2-1-3-7-14/h1-12H,13H2. The minimum Gasteiger partial charge on any atom is -0.488 e. The molecule has 0 fully saturated rings. The van der Waals surface area contributed by atoms with Crippen molar-refractivity contribution in [2.45, 2.75) is 6.61 Å².